The van der Waals surface area contributed by atoms with Gasteiger partial charge in [-0.2, -0.15) is 0 Å². The summed E-state index contributed by atoms with van der Waals surface area (Å²) >= 11 is 0. The lowest BCUT2D eigenvalue weighted by atomic mass is 10.1. The van der Waals surface area contributed by atoms with Crippen LogP contribution in [0, 0.1) is 0 Å². The van der Waals surface area contributed by atoms with E-state index in [-0.39, 0.29) is 6.61 Å². The number of rotatable bonds is 3. The van der Waals surface area contributed by atoms with E-state index < -0.39 is 0 Å². The van der Waals surface area contributed by atoms with Crippen molar-refractivity contribution in [1.29, 1.82) is 0 Å². The van der Waals surface area contributed by atoms with Crippen LogP contribution >= 0.6 is 0 Å². The van der Waals surface area contributed by atoms with Crippen LogP contribution in [0.1, 0.15) is 25.7 Å². The van der Waals surface area contributed by atoms with Gasteiger partial charge < -0.3 is 9.47 Å². The third kappa shape index (κ3) is 1.63. The van der Waals surface area contributed by atoms with Crippen molar-refractivity contribution in [1.82, 2.24) is 0 Å². The molecule has 0 aliphatic carbocycles. The molecule has 2 heterocycles. The molecule has 3 atom stereocenters. The Hall–Kier alpha value is -0.120. The molecule has 0 amide bonds. The van der Waals surface area contributed by atoms with E-state index >= 15 is 0 Å². The number of ether oxygens (including phenoxy) is 2. The van der Waals surface area contributed by atoms with Gasteiger partial charge in [-0.1, -0.05) is 0 Å². The van der Waals surface area contributed by atoms with E-state index in [0.29, 0.717) is 18.3 Å². The van der Waals surface area contributed by atoms with Crippen LogP contribution in [0.2, 0.25) is 0 Å². The molecule has 2 saturated heterocycles. The minimum absolute atomic E-state index is 0.0239. The highest BCUT2D eigenvalue weighted by molar-refractivity contribution is 4.86. The molecule has 0 aromatic rings. The summed E-state index contributed by atoms with van der Waals surface area (Å²) in [5.41, 5.74) is 0. The SMILES string of the molecule is [O]CCCC1CC2OCCC2O1. The zero-order valence-electron chi connectivity index (χ0n) is 7.20. The quantitative estimate of drug-likeness (QED) is 0.638. The summed E-state index contributed by atoms with van der Waals surface area (Å²) < 4.78 is 11.2. The Bertz CT molecular complexity index is 137. The van der Waals surface area contributed by atoms with Crippen molar-refractivity contribution in [2.45, 2.75) is 44.0 Å². The highest BCUT2D eigenvalue weighted by Gasteiger charge is 2.38. The first kappa shape index (κ1) is 8.48. The Morgan fingerprint density at radius 3 is 3.00 bits per heavy atom. The largest absolute Gasteiger partial charge is 0.375 e. The van der Waals surface area contributed by atoms with Crippen LogP contribution < -0.4 is 0 Å². The lowest BCUT2D eigenvalue weighted by Crippen LogP contribution is -2.13. The average Bonchev–Trinajstić information content (AvgIpc) is 2.58. The highest BCUT2D eigenvalue weighted by Crippen LogP contribution is 2.31. The van der Waals surface area contributed by atoms with E-state index in [1.807, 2.05) is 0 Å². The summed E-state index contributed by atoms with van der Waals surface area (Å²) in [6, 6.07) is 0. The second-order valence-corrected chi connectivity index (χ2v) is 3.58. The van der Waals surface area contributed by atoms with Gasteiger partial charge in [0.2, 0.25) is 0 Å². The first-order chi connectivity index (χ1) is 5.90. The standard InChI is InChI=1S/C9H15O3/c10-4-1-2-7-6-9-8(12-7)3-5-11-9/h7-9H,1-6H2. The summed E-state index contributed by atoms with van der Waals surface area (Å²) in [6.07, 6.45) is 4.67. The molecule has 1 radical (unpaired) electrons. The van der Waals surface area contributed by atoms with Crippen molar-refractivity contribution in [3.05, 3.63) is 0 Å². The molecule has 0 saturated carbocycles. The zero-order chi connectivity index (χ0) is 8.39. The van der Waals surface area contributed by atoms with E-state index in [1.165, 1.54) is 0 Å². The fourth-order valence-corrected chi connectivity index (χ4v) is 2.06. The maximum absolute atomic E-state index is 10.2. The third-order valence-corrected chi connectivity index (χ3v) is 2.68. The van der Waals surface area contributed by atoms with E-state index in [4.69, 9.17) is 9.47 Å². The Balaban J connectivity index is 1.75. The van der Waals surface area contributed by atoms with Crippen LogP contribution in [0.15, 0.2) is 0 Å². The van der Waals surface area contributed by atoms with Gasteiger partial charge in [-0.3, -0.25) is 0 Å². The van der Waals surface area contributed by atoms with Gasteiger partial charge in [0.25, 0.3) is 0 Å². The Labute approximate surface area is 72.7 Å². The minimum atomic E-state index is 0.0239. The van der Waals surface area contributed by atoms with Gasteiger partial charge in [0, 0.05) is 13.0 Å². The molecule has 0 spiro atoms. The molecular formula is C9H15O3. The molecule has 0 aromatic carbocycles. The van der Waals surface area contributed by atoms with Crippen LogP contribution in [0.25, 0.3) is 0 Å². The highest BCUT2D eigenvalue weighted by atomic mass is 16.6. The van der Waals surface area contributed by atoms with Crippen LogP contribution in [0.4, 0.5) is 0 Å². The predicted octanol–water partition coefficient (Wildman–Crippen LogP) is 1.14. The summed E-state index contributed by atoms with van der Waals surface area (Å²) in [7, 11) is 0. The lowest BCUT2D eigenvalue weighted by Gasteiger charge is -2.09. The van der Waals surface area contributed by atoms with Gasteiger partial charge in [0.1, 0.15) is 0 Å². The molecule has 0 N–H and O–H groups in total. The predicted molar refractivity (Wildman–Crippen MR) is 42.4 cm³/mol. The molecule has 3 nitrogen and oxygen atoms in total. The summed E-state index contributed by atoms with van der Waals surface area (Å²) in [6.45, 7) is 0.875. The summed E-state index contributed by atoms with van der Waals surface area (Å²) in [5.74, 6) is 0. The maximum Gasteiger partial charge on any atom is 0.0863 e. The molecule has 0 bridgehead atoms. The first-order valence-electron chi connectivity index (χ1n) is 4.75. The third-order valence-electron chi connectivity index (χ3n) is 2.68. The number of hydrogen-bond donors (Lipinski definition) is 0. The van der Waals surface area contributed by atoms with Crippen molar-refractivity contribution in [3.8, 4) is 0 Å². The maximum atomic E-state index is 10.2. The van der Waals surface area contributed by atoms with Crippen LogP contribution in [-0.2, 0) is 14.6 Å². The van der Waals surface area contributed by atoms with Gasteiger partial charge in [0.05, 0.1) is 24.9 Å². The smallest absolute Gasteiger partial charge is 0.0863 e. The van der Waals surface area contributed by atoms with Crippen LogP contribution in [0.5, 0.6) is 0 Å². The van der Waals surface area contributed by atoms with E-state index in [0.717, 1.165) is 32.3 Å². The van der Waals surface area contributed by atoms with Crippen molar-refractivity contribution in [3.63, 3.8) is 0 Å². The van der Waals surface area contributed by atoms with Crippen LogP contribution in [-0.4, -0.2) is 31.5 Å². The average molecular weight is 171 g/mol. The second-order valence-electron chi connectivity index (χ2n) is 3.58. The number of hydrogen-bond acceptors (Lipinski definition) is 2. The minimum Gasteiger partial charge on any atom is -0.375 e. The zero-order valence-corrected chi connectivity index (χ0v) is 7.20. The van der Waals surface area contributed by atoms with E-state index in [9.17, 15) is 5.11 Å². The van der Waals surface area contributed by atoms with E-state index in [2.05, 4.69) is 0 Å². The molecule has 0 aromatic heterocycles. The normalized spacial score (nSPS) is 40.2. The molecule has 3 unspecified atom stereocenters. The number of fused-ring (bicyclic) bond motifs is 1. The monoisotopic (exact) mass is 171 g/mol. The van der Waals surface area contributed by atoms with Gasteiger partial charge >= 0.3 is 0 Å². The lowest BCUT2D eigenvalue weighted by molar-refractivity contribution is 0.0304. The molecule has 69 valence electrons. The van der Waals surface area contributed by atoms with Gasteiger partial charge in [-0.25, -0.2) is 5.11 Å². The fourth-order valence-electron chi connectivity index (χ4n) is 2.06. The second kappa shape index (κ2) is 3.73. The fraction of sp³-hybridized carbons (Fsp3) is 1.00. The summed E-state index contributed by atoms with van der Waals surface area (Å²) in [5, 5.41) is 10.2. The van der Waals surface area contributed by atoms with Crippen LogP contribution in [0.3, 0.4) is 0 Å². The Kier molecular flexibility index (Phi) is 2.63. The van der Waals surface area contributed by atoms with Gasteiger partial charge in [-0.15, -0.1) is 0 Å². The Morgan fingerprint density at radius 2 is 2.25 bits per heavy atom. The topological polar surface area (TPSA) is 38.4 Å². The van der Waals surface area contributed by atoms with Crippen molar-refractivity contribution in [2.75, 3.05) is 13.2 Å². The molecule has 3 heteroatoms. The molecular weight excluding hydrogens is 156 g/mol. The van der Waals surface area contributed by atoms with Crippen molar-refractivity contribution >= 4 is 0 Å². The Morgan fingerprint density at radius 1 is 1.33 bits per heavy atom. The van der Waals surface area contributed by atoms with E-state index in [1.54, 1.807) is 0 Å². The summed E-state index contributed by atoms with van der Waals surface area (Å²) in [4.78, 5) is 0. The molecule has 2 rings (SSSR count). The molecule has 2 aliphatic rings. The molecule has 2 fully saturated rings. The molecule has 2 aliphatic heterocycles. The van der Waals surface area contributed by atoms with Crippen molar-refractivity contribution in [2.24, 2.45) is 0 Å². The van der Waals surface area contributed by atoms with Crippen molar-refractivity contribution < 1.29 is 14.6 Å². The molecule has 12 heavy (non-hydrogen) atoms. The first-order valence-corrected chi connectivity index (χ1v) is 4.75. The van der Waals surface area contributed by atoms with Gasteiger partial charge in [-0.05, 0) is 19.3 Å². The van der Waals surface area contributed by atoms with Gasteiger partial charge in [0.15, 0.2) is 0 Å².